The minimum Gasteiger partial charge on any atom is -0.292 e. The minimum absolute atomic E-state index is 0.590. The summed E-state index contributed by atoms with van der Waals surface area (Å²) in [5.74, 6) is 2.68. The van der Waals surface area contributed by atoms with E-state index >= 15 is 0 Å². The highest BCUT2D eigenvalue weighted by atomic mass is 15.1. The highest BCUT2D eigenvalue weighted by Gasteiger charge is 2.21. The van der Waals surface area contributed by atoms with E-state index in [0.717, 1.165) is 77.8 Å². The van der Waals surface area contributed by atoms with Crippen molar-refractivity contribution in [3.63, 3.8) is 0 Å². The fraction of sp³-hybridized carbons (Fsp3) is 0. The molecule has 0 bridgehead atoms. The highest BCUT2D eigenvalue weighted by Crippen LogP contribution is 2.40. The molecule has 11 rings (SSSR count). The van der Waals surface area contributed by atoms with E-state index in [-0.39, 0.29) is 0 Å². The van der Waals surface area contributed by atoms with Crippen molar-refractivity contribution in [3.05, 3.63) is 212 Å². The molecule has 2 aromatic heterocycles. The normalized spacial score (nSPS) is 11.4. The average molecular weight is 754 g/mol. The van der Waals surface area contributed by atoms with Gasteiger partial charge in [0.1, 0.15) is 5.82 Å². The van der Waals surface area contributed by atoms with Gasteiger partial charge in [-0.2, -0.15) is 0 Å². The molecular formula is C54H35N5. The van der Waals surface area contributed by atoms with Crippen LogP contribution in [0.5, 0.6) is 0 Å². The molecule has 0 fully saturated rings. The lowest BCUT2D eigenvalue weighted by molar-refractivity contribution is 1.07. The largest absolute Gasteiger partial charge is 0.292 e. The van der Waals surface area contributed by atoms with Crippen LogP contribution >= 0.6 is 0 Å². The second-order valence-electron chi connectivity index (χ2n) is 14.7. The Labute approximate surface area is 341 Å². The number of fused-ring (bicyclic) bond motifs is 6. The first-order chi connectivity index (χ1) is 29.2. The van der Waals surface area contributed by atoms with Gasteiger partial charge in [-0.1, -0.05) is 200 Å². The van der Waals surface area contributed by atoms with Crippen LogP contribution < -0.4 is 0 Å². The Hall–Kier alpha value is -8.02. The quantitative estimate of drug-likeness (QED) is 0.152. The Kier molecular flexibility index (Phi) is 8.41. The number of hydrogen-bond acceptors (Lipinski definition) is 4. The van der Waals surface area contributed by atoms with Crippen molar-refractivity contribution in [1.29, 1.82) is 0 Å². The maximum atomic E-state index is 5.43. The summed E-state index contributed by atoms with van der Waals surface area (Å²) in [4.78, 5) is 20.9. The highest BCUT2D eigenvalue weighted by molar-refractivity contribution is 6.24. The van der Waals surface area contributed by atoms with Crippen LogP contribution in [0.25, 0.3) is 106 Å². The van der Waals surface area contributed by atoms with Crippen LogP contribution in [-0.2, 0) is 0 Å². The number of aromatic nitrogens is 5. The summed E-state index contributed by atoms with van der Waals surface area (Å²) in [6.07, 6.45) is 0. The van der Waals surface area contributed by atoms with Crippen LogP contribution in [0.4, 0.5) is 0 Å². The Morgan fingerprint density at radius 3 is 1.20 bits per heavy atom. The Balaban J connectivity index is 1.10. The third-order valence-corrected chi connectivity index (χ3v) is 11.1. The van der Waals surface area contributed by atoms with Gasteiger partial charge in [-0.25, -0.2) is 19.9 Å². The zero-order valence-corrected chi connectivity index (χ0v) is 31.9. The Morgan fingerprint density at radius 1 is 0.271 bits per heavy atom. The number of hydrogen-bond donors (Lipinski definition) is 0. The predicted molar refractivity (Wildman–Crippen MR) is 242 cm³/mol. The Morgan fingerprint density at radius 2 is 0.661 bits per heavy atom. The van der Waals surface area contributed by atoms with E-state index in [2.05, 4.69) is 199 Å². The molecule has 0 amide bonds. The molecule has 0 N–H and O–H groups in total. The maximum Gasteiger partial charge on any atom is 0.164 e. The summed E-state index contributed by atoms with van der Waals surface area (Å²) in [5.41, 5.74) is 11.3. The van der Waals surface area contributed by atoms with Gasteiger partial charge < -0.3 is 0 Å². The summed E-state index contributed by atoms with van der Waals surface area (Å²) in [6.45, 7) is 0. The van der Waals surface area contributed by atoms with Gasteiger partial charge in [0.2, 0.25) is 0 Å². The third-order valence-electron chi connectivity index (χ3n) is 11.1. The van der Waals surface area contributed by atoms with E-state index < -0.39 is 0 Å². The molecule has 11 aromatic rings. The van der Waals surface area contributed by atoms with Crippen molar-refractivity contribution in [2.75, 3.05) is 0 Å². The molecule has 2 heterocycles. The van der Waals surface area contributed by atoms with Crippen LogP contribution in [0.2, 0.25) is 0 Å². The molecule has 0 unspecified atom stereocenters. The van der Waals surface area contributed by atoms with Crippen molar-refractivity contribution in [2.45, 2.75) is 0 Å². The second kappa shape index (κ2) is 14.5. The van der Waals surface area contributed by atoms with E-state index in [9.17, 15) is 0 Å². The molecule has 5 nitrogen and oxygen atoms in total. The third kappa shape index (κ3) is 6.22. The zero-order chi connectivity index (χ0) is 39.1. The standard InChI is InChI=1S/C54H35N5/c1-4-15-36(16-5-1)38-27-31-40(32-28-38)51-56-52(41-33-29-39(30-34-41)37-17-6-2-7-18-37)58-53(57-51)43-21-14-22-44(35-43)59-50-48-26-13-11-24-46(48)45-23-10-12-25-47(45)49(50)55-54(59)42-19-8-3-9-20-42/h1-35H. The van der Waals surface area contributed by atoms with Crippen LogP contribution in [0.1, 0.15) is 0 Å². The number of imidazole rings is 1. The van der Waals surface area contributed by atoms with Crippen molar-refractivity contribution in [2.24, 2.45) is 0 Å². The van der Waals surface area contributed by atoms with Crippen LogP contribution in [-0.4, -0.2) is 24.5 Å². The van der Waals surface area contributed by atoms with Gasteiger partial charge in [0, 0.05) is 38.7 Å². The molecule has 0 aliphatic heterocycles. The number of nitrogens with zero attached hydrogens (tertiary/aromatic N) is 5. The lowest BCUT2D eigenvalue weighted by atomic mass is 10.00. The topological polar surface area (TPSA) is 56.5 Å². The van der Waals surface area contributed by atoms with E-state index in [1.54, 1.807) is 0 Å². The predicted octanol–water partition coefficient (Wildman–Crippen LogP) is 13.5. The number of benzene rings is 9. The zero-order valence-electron chi connectivity index (χ0n) is 31.9. The molecule has 0 aliphatic rings. The van der Waals surface area contributed by atoms with Gasteiger partial charge >= 0.3 is 0 Å². The molecule has 0 radical (unpaired) electrons. The summed E-state index contributed by atoms with van der Waals surface area (Å²) in [7, 11) is 0. The molecule has 276 valence electrons. The second-order valence-corrected chi connectivity index (χ2v) is 14.7. The first-order valence-corrected chi connectivity index (χ1v) is 19.8. The monoisotopic (exact) mass is 753 g/mol. The lowest BCUT2D eigenvalue weighted by Gasteiger charge is -2.14. The smallest absolute Gasteiger partial charge is 0.164 e. The van der Waals surface area contributed by atoms with E-state index in [0.29, 0.717) is 17.5 Å². The van der Waals surface area contributed by atoms with Crippen LogP contribution in [0.15, 0.2) is 212 Å². The van der Waals surface area contributed by atoms with Crippen LogP contribution in [0, 0.1) is 0 Å². The fourth-order valence-electron chi connectivity index (χ4n) is 8.17. The summed E-state index contributed by atoms with van der Waals surface area (Å²) >= 11 is 0. The Bertz CT molecular complexity index is 3180. The average Bonchev–Trinajstić information content (AvgIpc) is 3.74. The molecule has 9 aromatic carbocycles. The molecule has 0 atom stereocenters. The first-order valence-electron chi connectivity index (χ1n) is 19.8. The van der Waals surface area contributed by atoms with Gasteiger partial charge in [-0.3, -0.25) is 4.57 Å². The van der Waals surface area contributed by atoms with Gasteiger partial charge in [0.25, 0.3) is 0 Å². The van der Waals surface area contributed by atoms with Crippen LogP contribution in [0.3, 0.4) is 0 Å². The van der Waals surface area contributed by atoms with Gasteiger partial charge in [0.05, 0.1) is 11.0 Å². The van der Waals surface area contributed by atoms with Gasteiger partial charge in [-0.15, -0.1) is 0 Å². The van der Waals surface area contributed by atoms with Gasteiger partial charge in [0.15, 0.2) is 17.5 Å². The molecule has 5 heteroatoms. The van der Waals surface area contributed by atoms with E-state index in [1.807, 2.05) is 18.2 Å². The summed E-state index contributed by atoms with van der Waals surface area (Å²) in [6, 6.07) is 73.9. The molecule has 0 saturated heterocycles. The minimum atomic E-state index is 0.590. The SMILES string of the molecule is c1ccc(-c2ccc(-c3nc(-c4ccc(-c5ccccc5)cc4)nc(-c4cccc(-n5c(-c6ccccc6)nc6c7ccccc7c7ccccc7c65)c4)n3)cc2)cc1. The van der Waals surface area contributed by atoms with Crippen molar-refractivity contribution in [1.82, 2.24) is 24.5 Å². The van der Waals surface area contributed by atoms with Crippen molar-refractivity contribution < 1.29 is 0 Å². The fourth-order valence-corrected chi connectivity index (χ4v) is 8.17. The summed E-state index contributed by atoms with van der Waals surface area (Å²) < 4.78 is 2.30. The summed E-state index contributed by atoms with van der Waals surface area (Å²) in [5, 5.41) is 4.64. The molecular weight excluding hydrogens is 719 g/mol. The molecule has 59 heavy (non-hydrogen) atoms. The maximum absolute atomic E-state index is 5.43. The first kappa shape index (κ1) is 34.2. The van der Waals surface area contributed by atoms with E-state index in [4.69, 9.17) is 19.9 Å². The van der Waals surface area contributed by atoms with Gasteiger partial charge in [-0.05, 0) is 45.2 Å². The lowest BCUT2D eigenvalue weighted by Crippen LogP contribution is -2.02. The van der Waals surface area contributed by atoms with E-state index in [1.165, 1.54) is 10.8 Å². The molecule has 0 saturated carbocycles. The van der Waals surface area contributed by atoms with Crippen molar-refractivity contribution >= 4 is 32.6 Å². The molecule has 0 aliphatic carbocycles. The molecule has 0 spiro atoms. The number of rotatable bonds is 7. The van der Waals surface area contributed by atoms with Crippen molar-refractivity contribution in [3.8, 4) is 73.5 Å².